The fraction of sp³-hybridized carbons (Fsp3) is 0.188. The molecule has 0 aliphatic rings. The highest BCUT2D eigenvalue weighted by Crippen LogP contribution is 2.25. The highest BCUT2D eigenvalue weighted by atomic mass is 15.0. The van der Waals surface area contributed by atoms with E-state index in [2.05, 4.69) is 53.9 Å². The Morgan fingerprint density at radius 3 is 2.63 bits per heavy atom. The topological polar surface area (TPSA) is 43.3 Å². The lowest BCUT2D eigenvalue weighted by atomic mass is 10.1. The summed E-state index contributed by atoms with van der Waals surface area (Å²) >= 11 is 0. The van der Waals surface area contributed by atoms with Gasteiger partial charge in [0.2, 0.25) is 0 Å². The number of aromatic nitrogens is 2. The van der Waals surface area contributed by atoms with Gasteiger partial charge < -0.3 is 5.73 Å². The van der Waals surface area contributed by atoms with Crippen LogP contribution in [-0.4, -0.2) is 15.9 Å². The van der Waals surface area contributed by atoms with Crippen LogP contribution in [0.2, 0.25) is 0 Å². The van der Waals surface area contributed by atoms with Gasteiger partial charge in [0.1, 0.15) is 5.65 Å². The second-order valence-corrected chi connectivity index (χ2v) is 4.75. The predicted molar refractivity (Wildman–Crippen MR) is 78.1 cm³/mol. The quantitative estimate of drug-likeness (QED) is 0.778. The Bertz CT molecular complexity index is 699. The maximum atomic E-state index is 5.71. The smallest absolute Gasteiger partial charge is 0.137 e. The Labute approximate surface area is 112 Å². The van der Waals surface area contributed by atoms with E-state index in [1.54, 1.807) is 0 Å². The van der Waals surface area contributed by atoms with Crippen molar-refractivity contribution in [2.75, 3.05) is 6.54 Å². The molecule has 0 aliphatic heterocycles. The summed E-state index contributed by atoms with van der Waals surface area (Å²) in [4.78, 5) is 4.70. The molecule has 2 aromatic heterocycles. The number of fused-ring (bicyclic) bond motifs is 1. The third-order valence-corrected chi connectivity index (χ3v) is 3.27. The summed E-state index contributed by atoms with van der Waals surface area (Å²) in [5, 5.41) is 0. The van der Waals surface area contributed by atoms with Gasteiger partial charge in [0, 0.05) is 18.2 Å². The first-order valence-corrected chi connectivity index (χ1v) is 6.52. The van der Waals surface area contributed by atoms with Crippen LogP contribution in [0.4, 0.5) is 0 Å². The van der Waals surface area contributed by atoms with Crippen LogP contribution in [0, 0.1) is 6.92 Å². The van der Waals surface area contributed by atoms with Crippen molar-refractivity contribution in [2.45, 2.75) is 13.3 Å². The number of hydrogen-bond acceptors (Lipinski definition) is 2. The van der Waals surface area contributed by atoms with Gasteiger partial charge >= 0.3 is 0 Å². The van der Waals surface area contributed by atoms with E-state index in [1.807, 2.05) is 6.07 Å². The molecule has 0 unspecified atom stereocenters. The van der Waals surface area contributed by atoms with Crippen LogP contribution in [0.1, 0.15) is 11.3 Å². The van der Waals surface area contributed by atoms with Crippen molar-refractivity contribution < 1.29 is 0 Å². The van der Waals surface area contributed by atoms with Crippen LogP contribution >= 0.6 is 0 Å². The molecular formula is C16H17N3. The number of pyridine rings is 1. The summed E-state index contributed by atoms with van der Waals surface area (Å²) in [7, 11) is 0. The van der Waals surface area contributed by atoms with Crippen molar-refractivity contribution in [1.29, 1.82) is 0 Å². The average Bonchev–Trinajstić information content (AvgIpc) is 2.77. The molecule has 0 radical (unpaired) electrons. The molecule has 0 saturated heterocycles. The fourth-order valence-electron chi connectivity index (χ4n) is 2.41. The minimum atomic E-state index is 0.614. The van der Waals surface area contributed by atoms with Gasteiger partial charge in [-0.05, 0) is 25.1 Å². The number of aryl methyl sites for hydroxylation is 1. The lowest BCUT2D eigenvalue weighted by Crippen LogP contribution is -2.04. The molecule has 3 nitrogen and oxygen atoms in total. The molecule has 2 heterocycles. The summed E-state index contributed by atoms with van der Waals surface area (Å²) in [6.45, 7) is 2.71. The largest absolute Gasteiger partial charge is 0.330 e. The number of hydrogen-bond donors (Lipinski definition) is 1. The van der Waals surface area contributed by atoms with E-state index in [0.717, 1.165) is 23.5 Å². The van der Waals surface area contributed by atoms with Gasteiger partial charge in [0.15, 0.2) is 0 Å². The lowest BCUT2D eigenvalue weighted by Gasteiger charge is -2.05. The summed E-state index contributed by atoms with van der Waals surface area (Å²) in [6.07, 6.45) is 2.93. The molecule has 96 valence electrons. The molecule has 0 saturated carbocycles. The molecule has 0 amide bonds. The van der Waals surface area contributed by atoms with Crippen molar-refractivity contribution in [1.82, 2.24) is 9.38 Å². The number of rotatable bonds is 3. The lowest BCUT2D eigenvalue weighted by molar-refractivity contribution is 0.939. The normalized spacial score (nSPS) is 11.1. The van der Waals surface area contributed by atoms with Gasteiger partial charge in [-0.3, -0.25) is 4.40 Å². The maximum absolute atomic E-state index is 5.71. The third-order valence-electron chi connectivity index (χ3n) is 3.27. The zero-order chi connectivity index (χ0) is 13.2. The van der Waals surface area contributed by atoms with E-state index in [0.29, 0.717) is 6.54 Å². The Balaban J connectivity index is 2.30. The molecule has 3 heteroatoms. The Kier molecular flexibility index (Phi) is 3.05. The molecule has 2 N–H and O–H groups in total. The van der Waals surface area contributed by atoms with Crippen molar-refractivity contribution in [3.05, 3.63) is 59.9 Å². The van der Waals surface area contributed by atoms with Crippen molar-refractivity contribution in [3.8, 4) is 11.3 Å². The van der Waals surface area contributed by atoms with Crippen LogP contribution < -0.4 is 5.73 Å². The first kappa shape index (κ1) is 11.9. The second kappa shape index (κ2) is 4.86. The van der Waals surface area contributed by atoms with E-state index in [1.165, 1.54) is 11.1 Å². The number of nitrogens with zero attached hydrogens (tertiary/aromatic N) is 2. The number of benzene rings is 1. The van der Waals surface area contributed by atoms with Gasteiger partial charge in [0.25, 0.3) is 0 Å². The highest BCUT2D eigenvalue weighted by molar-refractivity contribution is 5.67. The number of nitrogens with two attached hydrogens (primary N) is 1. The Morgan fingerprint density at radius 2 is 1.89 bits per heavy atom. The second-order valence-electron chi connectivity index (χ2n) is 4.75. The van der Waals surface area contributed by atoms with Crippen molar-refractivity contribution in [2.24, 2.45) is 5.73 Å². The molecule has 0 fully saturated rings. The fourth-order valence-corrected chi connectivity index (χ4v) is 2.41. The minimum absolute atomic E-state index is 0.614. The van der Waals surface area contributed by atoms with Crippen LogP contribution in [-0.2, 0) is 6.42 Å². The zero-order valence-corrected chi connectivity index (χ0v) is 11.0. The molecular weight excluding hydrogens is 234 g/mol. The maximum Gasteiger partial charge on any atom is 0.137 e. The summed E-state index contributed by atoms with van der Waals surface area (Å²) in [5.41, 5.74) is 11.3. The SMILES string of the molecule is Cc1ccc2nc(CCN)c(-c3ccccc3)n2c1. The molecule has 3 aromatic rings. The number of imidazole rings is 1. The highest BCUT2D eigenvalue weighted by Gasteiger charge is 2.13. The molecule has 0 bridgehead atoms. The van der Waals surface area contributed by atoms with E-state index >= 15 is 0 Å². The first-order chi connectivity index (χ1) is 9.29. The van der Waals surface area contributed by atoms with E-state index in [4.69, 9.17) is 10.7 Å². The monoisotopic (exact) mass is 251 g/mol. The van der Waals surface area contributed by atoms with Gasteiger partial charge in [0.05, 0.1) is 11.4 Å². The average molecular weight is 251 g/mol. The minimum Gasteiger partial charge on any atom is -0.330 e. The van der Waals surface area contributed by atoms with Crippen LogP contribution in [0.25, 0.3) is 16.9 Å². The van der Waals surface area contributed by atoms with Crippen molar-refractivity contribution in [3.63, 3.8) is 0 Å². The van der Waals surface area contributed by atoms with Gasteiger partial charge in [-0.15, -0.1) is 0 Å². The molecule has 0 spiro atoms. The van der Waals surface area contributed by atoms with Gasteiger partial charge in [-0.25, -0.2) is 4.98 Å². The summed E-state index contributed by atoms with van der Waals surface area (Å²) < 4.78 is 2.16. The standard InChI is InChI=1S/C16H17N3/c1-12-7-8-15-18-14(9-10-17)16(19(15)11-12)13-5-3-2-4-6-13/h2-8,11H,9-10,17H2,1H3. The van der Waals surface area contributed by atoms with E-state index in [-0.39, 0.29) is 0 Å². The van der Waals surface area contributed by atoms with E-state index in [9.17, 15) is 0 Å². The summed E-state index contributed by atoms with van der Waals surface area (Å²) in [5.74, 6) is 0. The Hall–Kier alpha value is -2.13. The van der Waals surface area contributed by atoms with Crippen LogP contribution in [0.15, 0.2) is 48.7 Å². The zero-order valence-electron chi connectivity index (χ0n) is 11.0. The van der Waals surface area contributed by atoms with Crippen molar-refractivity contribution >= 4 is 5.65 Å². The first-order valence-electron chi connectivity index (χ1n) is 6.52. The molecule has 19 heavy (non-hydrogen) atoms. The molecule has 0 atom stereocenters. The molecule has 1 aromatic carbocycles. The summed E-state index contributed by atoms with van der Waals surface area (Å²) in [6, 6.07) is 14.5. The van der Waals surface area contributed by atoms with Gasteiger partial charge in [-0.2, -0.15) is 0 Å². The third kappa shape index (κ3) is 2.13. The van der Waals surface area contributed by atoms with E-state index < -0.39 is 0 Å². The van der Waals surface area contributed by atoms with Crippen LogP contribution in [0.5, 0.6) is 0 Å². The predicted octanol–water partition coefficient (Wildman–Crippen LogP) is 2.81. The molecule has 3 rings (SSSR count). The molecule has 0 aliphatic carbocycles. The Morgan fingerprint density at radius 1 is 1.11 bits per heavy atom. The van der Waals surface area contributed by atoms with Gasteiger partial charge in [-0.1, -0.05) is 36.4 Å². The van der Waals surface area contributed by atoms with Crippen LogP contribution in [0.3, 0.4) is 0 Å².